The molecule has 1 N–H and O–H groups in total. The molecule has 0 spiro atoms. The van der Waals surface area contributed by atoms with Crippen LogP contribution in [-0.4, -0.2) is 58.5 Å². The number of amides is 3. The van der Waals surface area contributed by atoms with Gasteiger partial charge in [-0.3, -0.25) is 10.1 Å². The summed E-state index contributed by atoms with van der Waals surface area (Å²) in [5.41, 5.74) is 0. The molecule has 202 valence electrons. The molecule has 2 unspecified atom stereocenters. The second kappa shape index (κ2) is 18.1. The van der Waals surface area contributed by atoms with Crippen LogP contribution in [0.5, 0.6) is 0 Å². The van der Waals surface area contributed by atoms with E-state index in [1.165, 1.54) is 103 Å². The van der Waals surface area contributed by atoms with Crippen molar-refractivity contribution < 1.29 is 9.59 Å². The van der Waals surface area contributed by atoms with Crippen LogP contribution in [0.2, 0.25) is 0 Å². The molecule has 7 heteroatoms. The first-order chi connectivity index (χ1) is 17.1. The van der Waals surface area contributed by atoms with Gasteiger partial charge in [0.1, 0.15) is 0 Å². The van der Waals surface area contributed by atoms with Gasteiger partial charge in [0, 0.05) is 19.3 Å². The van der Waals surface area contributed by atoms with Gasteiger partial charge in [-0.25, -0.2) is 9.79 Å². The fourth-order valence-electron chi connectivity index (χ4n) is 5.02. The highest BCUT2D eigenvalue weighted by Gasteiger charge is 2.48. The maximum Gasteiger partial charge on any atom is 0.325 e. The molecule has 0 saturated carbocycles. The zero-order valence-corrected chi connectivity index (χ0v) is 23.7. The van der Waals surface area contributed by atoms with Gasteiger partial charge in [-0.05, 0) is 12.8 Å². The molecule has 2 heterocycles. The van der Waals surface area contributed by atoms with Crippen molar-refractivity contribution in [2.45, 2.75) is 142 Å². The van der Waals surface area contributed by atoms with E-state index in [9.17, 15) is 9.59 Å². The van der Waals surface area contributed by atoms with Gasteiger partial charge < -0.3 is 9.80 Å². The number of carbonyl (C=O) groups excluding carboxylic acids is 2. The van der Waals surface area contributed by atoms with Crippen molar-refractivity contribution in [2.75, 3.05) is 19.3 Å². The van der Waals surface area contributed by atoms with Gasteiger partial charge >= 0.3 is 6.03 Å². The molecule has 2 rings (SSSR count). The first kappa shape index (κ1) is 30.0. The van der Waals surface area contributed by atoms with E-state index in [4.69, 9.17) is 4.99 Å². The van der Waals surface area contributed by atoms with Crippen molar-refractivity contribution in [1.82, 2.24) is 15.1 Å². The second-order valence-corrected chi connectivity index (χ2v) is 11.4. The van der Waals surface area contributed by atoms with Crippen molar-refractivity contribution in [3.05, 3.63) is 0 Å². The third-order valence-corrected chi connectivity index (χ3v) is 8.40. The average Bonchev–Trinajstić information content (AvgIpc) is 3.21. The van der Waals surface area contributed by atoms with Gasteiger partial charge in [0.25, 0.3) is 5.91 Å². The number of fused-ring (bicyclic) bond motifs is 1. The third-order valence-electron chi connectivity index (χ3n) is 7.30. The zero-order chi connectivity index (χ0) is 25.3. The molecule has 2 atom stereocenters. The predicted molar refractivity (Wildman–Crippen MR) is 150 cm³/mol. The van der Waals surface area contributed by atoms with Crippen LogP contribution >= 0.6 is 11.8 Å². The fraction of sp³-hybridized carbons (Fsp3) is 0.893. The zero-order valence-electron chi connectivity index (χ0n) is 22.9. The normalized spacial score (nSPS) is 19.8. The Bertz CT molecular complexity index is 642. The number of imide groups is 1. The Morgan fingerprint density at radius 3 is 1.77 bits per heavy atom. The highest BCUT2D eigenvalue weighted by Crippen LogP contribution is 2.29. The molecule has 3 amide bonds. The van der Waals surface area contributed by atoms with Crippen molar-refractivity contribution >= 4 is 28.9 Å². The molecule has 0 aromatic rings. The van der Waals surface area contributed by atoms with E-state index >= 15 is 0 Å². The number of nitrogens with one attached hydrogen (secondary N) is 1. The largest absolute Gasteiger partial charge is 0.336 e. The Kier molecular flexibility index (Phi) is 15.5. The summed E-state index contributed by atoms with van der Waals surface area (Å²) in [6, 6.07) is -0.720. The lowest BCUT2D eigenvalue weighted by Crippen LogP contribution is -2.63. The molecular weight excluding hydrogens is 456 g/mol. The van der Waals surface area contributed by atoms with Gasteiger partial charge in [0.05, 0.1) is 0 Å². The van der Waals surface area contributed by atoms with Crippen LogP contribution < -0.4 is 5.32 Å². The SMILES string of the molecule is CCCCCCCCCCCCCCCCSC1=NC2C(C(=O)NC(=O)N2C)N1CCCCCC. The van der Waals surface area contributed by atoms with E-state index in [2.05, 4.69) is 24.1 Å². The summed E-state index contributed by atoms with van der Waals surface area (Å²) in [6.07, 6.45) is 23.4. The summed E-state index contributed by atoms with van der Waals surface area (Å²) in [7, 11) is 1.74. The molecular formula is C28H52N4O2S. The van der Waals surface area contributed by atoms with Crippen LogP contribution in [-0.2, 0) is 4.79 Å². The minimum absolute atomic E-state index is 0.204. The van der Waals surface area contributed by atoms with Gasteiger partial charge in [0.15, 0.2) is 17.4 Å². The van der Waals surface area contributed by atoms with Crippen LogP contribution in [0.3, 0.4) is 0 Å². The first-order valence-corrected chi connectivity index (χ1v) is 15.6. The van der Waals surface area contributed by atoms with Crippen LogP contribution in [0, 0.1) is 0 Å². The smallest absolute Gasteiger partial charge is 0.325 e. The summed E-state index contributed by atoms with van der Waals surface area (Å²) in [5.74, 6) is 0.825. The van der Waals surface area contributed by atoms with Crippen molar-refractivity contribution in [3.63, 3.8) is 0 Å². The molecule has 2 aliphatic rings. The number of amidine groups is 1. The molecule has 6 nitrogen and oxygen atoms in total. The highest BCUT2D eigenvalue weighted by molar-refractivity contribution is 8.13. The number of carbonyl (C=O) groups is 2. The molecule has 35 heavy (non-hydrogen) atoms. The van der Waals surface area contributed by atoms with E-state index in [0.717, 1.165) is 30.3 Å². The molecule has 0 bridgehead atoms. The number of nitrogens with zero attached hydrogens (tertiary/aromatic N) is 3. The van der Waals surface area contributed by atoms with Crippen LogP contribution in [0.1, 0.15) is 129 Å². The molecule has 1 fully saturated rings. The number of unbranched alkanes of at least 4 members (excludes halogenated alkanes) is 16. The summed E-state index contributed by atoms with van der Waals surface area (Å²) in [5, 5.41) is 3.45. The quantitative estimate of drug-likeness (QED) is 0.175. The predicted octanol–water partition coefficient (Wildman–Crippen LogP) is 7.33. The topological polar surface area (TPSA) is 65.0 Å². The van der Waals surface area contributed by atoms with Gasteiger partial charge in [0.2, 0.25) is 0 Å². The minimum Gasteiger partial charge on any atom is -0.336 e. The Labute approximate surface area is 219 Å². The Morgan fingerprint density at radius 2 is 1.23 bits per heavy atom. The molecule has 0 aromatic carbocycles. The lowest BCUT2D eigenvalue weighted by atomic mass is 10.0. The van der Waals surface area contributed by atoms with E-state index in [-0.39, 0.29) is 24.1 Å². The van der Waals surface area contributed by atoms with E-state index < -0.39 is 0 Å². The second-order valence-electron chi connectivity index (χ2n) is 10.4. The van der Waals surface area contributed by atoms with Crippen LogP contribution in [0.25, 0.3) is 0 Å². The third kappa shape index (κ3) is 10.7. The number of likely N-dealkylation sites (N-methyl/N-ethyl adjacent to an activating group) is 1. The number of thioether (sulfide) groups is 1. The molecule has 1 saturated heterocycles. The fourth-order valence-corrected chi connectivity index (χ4v) is 6.11. The van der Waals surface area contributed by atoms with Crippen molar-refractivity contribution in [2.24, 2.45) is 4.99 Å². The van der Waals surface area contributed by atoms with Gasteiger partial charge in [-0.15, -0.1) is 0 Å². The summed E-state index contributed by atoms with van der Waals surface area (Å²) >= 11 is 1.77. The first-order valence-electron chi connectivity index (χ1n) is 14.6. The lowest BCUT2D eigenvalue weighted by Gasteiger charge is -2.36. The number of urea groups is 1. The Morgan fingerprint density at radius 1 is 0.743 bits per heavy atom. The molecule has 0 aromatic heterocycles. The van der Waals surface area contributed by atoms with Crippen molar-refractivity contribution in [1.29, 1.82) is 0 Å². The molecule has 0 radical (unpaired) electrons. The monoisotopic (exact) mass is 508 g/mol. The molecule has 0 aliphatic carbocycles. The van der Waals surface area contributed by atoms with Crippen molar-refractivity contribution in [3.8, 4) is 0 Å². The Hall–Kier alpha value is -1.24. The number of rotatable bonds is 20. The summed E-state index contributed by atoms with van der Waals surface area (Å²) in [6.45, 7) is 5.32. The van der Waals surface area contributed by atoms with E-state index in [0.29, 0.717) is 0 Å². The number of aliphatic imine (C=N–C) groups is 1. The lowest BCUT2D eigenvalue weighted by molar-refractivity contribution is -0.127. The maximum absolute atomic E-state index is 12.6. The average molecular weight is 509 g/mol. The van der Waals surface area contributed by atoms with Gasteiger partial charge in [-0.1, -0.05) is 128 Å². The standard InChI is InChI=1S/C28H52N4O2S/c1-4-6-8-10-11-12-13-14-15-16-17-18-19-21-23-35-28-29-25-24(26(33)30-27(34)31(25)3)32(28)22-20-9-7-5-2/h24-25H,4-23H2,1-3H3,(H,30,33,34). The van der Waals surface area contributed by atoms with Crippen LogP contribution in [0.15, 0.2) is 4.99 Å². The minimum atomic E-state index is -0.388. The van der Waals surface area contributed by atoms with E-state index in [1.54, 1.807) is 23.7 Å². The highest BCUT2D eigenvalue weighted by atomic mass is 32.2. The number of hydrogen-bond acceptors (Lipinski definition) is 5. The maximum atomic E-state index is 12.6. The molecule has 2 aliphatic heterocycles. The Balaban J connectivity index is 1.59. The van der Waals surface area contributed by atoms with Crippen LogP contribution in [0.4, 0.5) is 4.79 Å². The van der Waals surface area contributed by atoms with E-state index in [1.807, 2.05) is 0 Å². The number of hydrogen-bond donors (Lipinski definition) is 1. The summed E-state index contributed by atoms with van der Waals surface area (Å²) in [4.78, 5) is 33.2. The summed E-state index contributed by atoms with van der Waals surface area (Å²) < 4.78 is 0. The van der Waals surface area contributed by atoms with Gasteiger partial charge in [-0.2, -0.15) is 0 Å².